The Morgan fingerprint density at radius 2 is 1.76 bits per heavy atom. The van der Waals surface area contributed by atoms with Crippen LogP contribution in [0.4, 0.5) is 0 Å². The number of piperidine rings is 1. The van der Waals surface area contributed by atoms with Crippen molar-refractivity contribution in [3.8, 4) is 0 Å². The zero-order valence-electron chi connectivity index (χ0n) is 14.5. The lowest BCUT2D eigenvalue weighted by atomic mass is 9.98. The first-order chi connectivity index (χ1) is 11.9. The van der Waals surface area contributed by atoms with E-state index < -0.39 is 16.1 Å². The lowest BCUT2D eigenvalue weighted by Gasteiger charge is -2.34. The van der Waals surface area contributed by atoms with E-state index in [1.807, 2.05) is 4.90 Å². The van der Waals surface area contributed by atoms with Gasteiger partial charge < -0.3 is 4.90 Å². The van der Waals surface area contributed by atoms with Gasteiger partial charge >= 0.3 is 0 Å². The second-order valence-corrected chi connectivity index (χ2v) is 9.52. The molecule has 0 bridgehead atoms. The van der Waals surface area contributed by atoms with Crippen LogP contribution in [0.25, 0.3) is 0 Å². The maximum Gasteiger partial charge on any atom is 0.241 e. The maximum atomic E-state index is 12.9. The minimum atomic E-state index is -3.53. The van der Waals surface area contributed by atoms with Crippen LogP contribution in [0.1, 0.15) is 38.2 Å². The molecular formula is C18H25ClN2O3S. The van der Waals surface area contributed by atoms with Gasteiger partial charge in [0.1, 0.15) is 6.04 Å². The van der Waals surface area contributed by atoms with Gasteiger partial charge in [0.2, 0.25) is 15.9 Å². The van der Waals surface area contributed by atoms with Gasteiger partial charge in [-0.1, -0.05) is 30.7 Å². The Hall–Kier alpha value is -1.11. The summed E-state index contributed by atoms with van der Waals surface area (Å²) in [5.41, 5.74) is 0.689. The Balaban J connectivity index is 1.71. The Bertz CT molecular complexity index is 712. The summed E-state index contributed by atoms with van der Waals surface area (Å²) in [6.07, 6.45) is 3.34. The summed E-state index contributed by atoms with van der Waals surface area (Å²) >= 11 is 5.86. The predicted molar refractivity (Wildman–Crippen MR) is 98.8 cm³/mol. The van der Waals surface area contributed by atoms with Crippen LogP contribution >= 0.6 is 11.6 Å². The summed E-state index contributed by atoms with van der Waals surface area (Å²) in [6.45, 7) is 4.10. The van der Waals surface area contributed by atoms with Crippen LogP contribution in [0.15, 0.2) is 24.3 Å². The fourth-order valence-electron chi connectivity index (χ4n) is 3.63. The number of hydrogen-bond donors (Lipinski definition) is 0. The summed E-state index contributed by atoms with van der Waals surface area (Å²) in [5.74, 6) is 0.520. The van der Waals surface area contributed by atoms with E-state index >= 15 is 0 Å². The number of halogens is 1. The maximum absolute atomic E-state index is 12.9. The number of benzene rings is 1. The van der Waals surface area contributed by atoms with Gasteiger partial charge in [-0.05, 0) is 49.3 Å². The molecule has 2 saturated heterocycles. The van der Waals surface area contributed by atoms with Crippen molar-refractivity contribution in [2.45, 2.75) is 44.4 Å². The van der Waals surface area contributed by atoms with Crippen molar-refractivity contribution in [3.05, 3.63) is 34.9 Å². The Morgan fingerprint density at radius 1 is 1.12 bits per heavy atom. The van der Waals surface area contributed by atoms with E-state index in [1.165, 1.54) is 4.31 Å². The third-order valence-electron chi connectivity index (χ3n) is 5.20. The average Bonchev–Trinajstić information content (AvgIpc) is 3.07. The molecule has 7 heteroatoms. The molecule has 25 heavy (non-hydrogen) atoms. The second kappa shape index (κ2) is 7.64. The van der Waals surface area contributed by atoms with Crippen LogP contribution in [0.5, 0.6) is 0 Å². The van der Waals surface area contributed by atoms with Crippen molar-refractivity contribution < 1.29 is 13.2 Å². The molecule has 3 rings (SSSR count). The van der Waals surface area contributed by atoms with E-state index in [0.29, 0.717) is 29.5 Å². The van der Waals surface area contributed by atoms with Gasteiger partial charge in [-0.2, -0.15) is 4.31 Å². The zero-order chi connectivity index (χ0) is 18.0. The standard InChI is InChI=1S/C18H25ClN2O3S/c1-14-8-11-20(12-9-14)18(22)17-3-2-10-21(17)25(23,24)13-15-4-6-16(19)7-5-15/h4-7,14,17H,2-3,8-13H2,1H3/t17-/m0/s1. The van der Waals surface area contributed by atoms with Crippen molar-refractivity contribution in [1.82, 2.24) is 9.21 Å². The molecule has 1 amide bonds. The first-order valence-electron chi connectivity index (χ1n) is 8.89. The highest BCUT2D eigenvalue weighted by Crippen LogP contribution is 2.27. The van der Waals surface area contributed by atoms with E-state index in [1.54, 1.807) is 24.3 Å². The van der Waals surface area contributed by atoms with Crippen LogP contribution in [0.3, 0.4) is 0 Å². The molecule has 1 aromatic carbocycles. The van der Waals surface area contributed by atoms with Crippen LogP contribution in [0.2, 0.25) is 5.02 Å². The molecule has 5 nitrogen and oxygen atoms in total. The third kappa shape index (κ3) is 4.36. The molecule has 1 atom stereocenters. The van der Waals surface area contributed by atoms with Crippen LogP contribution in [-0.4, -0.2) is 49.2 Å². The number of sulfonamides is 1. The molecule has 0 aromatic heterocycles. The molecule has 2 fully saturated rings. The van der Waals surface area contributed by atoms with E-state index in [9.17, 15) is 13.2 Å². The minimum absolute atomic E-state index is 0.0240. The van der Waals surface area contributed by atoms with Gasteiger partial charge in [0.05, 0.1) is 5.75 Å². The predicted octanol–water partition coefficient (Wildman–Crippen LogP) is 2.89. The Morgan fingerprint density at radius 3 is 2.40 bits per heavy atom. The van der Waals surface area contributed by atoms with Gasteiger partial charge in [0, 0.05) is 24.7 Å². The molecule has 2 aliphatic heterocycles. The fraction of sp³-hybridized carbons (Fsp3) is 0.611. The molecule has 2 aliphatic rings. The van der Waals surface area contributed by atoms with E-state index in [-0.39, 0.29) is 11.7 Å². The van der Waals surface area contributed by atoms with E-state index in [4.69, 9.17) is 11.6 Å². The zero-order valence-corrected chi connectivity index (χ0v) is 16.1. The topological polar surface area (TPSA) is 57.7 Å². The summed E-state index contributed by atoms with van der Waals surface area (Å²) in [7, 11) is -3.53. The van der Waals surface area contributed by atoms with Crippen molar-refractivity contribution in [1.29, 1.82) is 0 Å². The summed E-state index contributed by atoms with van der Waals surface area (Å²) in [5, 5.41) is 0.578. The largest absolute Gasteiger partial charge is 0.341 e. The first-order valence-corrected chi connectivity index (χ1v) is 10.9. The minimum Gasteiger partial charge on any atom is -0.341 e. The molecule has 138 valence electrons. The number of hydrogen-bond acceptors (Lipinski definition) is 3. The monoisotopic (exact) mass is 384 g/mol. The number of likely N-dealkylation sites (tertiary alicyclic amines) is 1. The average molecular weight is 385 g/mol. The van der Waals surface area contributed by atoms with Gasteiger partial charge in [-0.15, -0.1) is 0 Å². The number of carbonyl (C=O) groups excluding carboxylic acids is 1. The molecule has 1 aromatic rings. The first kappa shape index (κ1) is 18.7. The Labute approximate surface area is 155 Å². The summed E-state index contributed by atoms with van der Waals surface area (Å²) < 4.78 is 27.1. The van der Waals surface area contributed by atoms with Crippen LogP contribution in [-0.2, 0) is 20.6 Å². The van der Waals surface area contributed by atoms with Crippen LogP contribution < -0.4 is 0 Å². The van der Waals surface area contributed by atoms with Crippen molar-refractivity contribution in [3.63, 3.8) is 0 Å². The fourth-order valence-corrected chi connectivity index (χ4v) is 5.53. The molecule has 0 radical (unpaired) electrons. The molecule has 0 aliphatic carbocycles. The number of carbonyl (C=O) groups is 1. The molecule has 0 N–H and O–H groups in total. The molecule has 2 heterocycles. The van der Waals surface area contributed by atoms with Gasteiger partial charge in [-0.3, -0.25) is 4.79 Å². The highest BCUT2D eigenvalue weighted by atomic mass is 35.5. The van der Waals surface area contributed by atoms with Gasteiger partial charge in [0.15, 0.2) is 0 Å². The lowest BCUT2D eigenvalue weighted by Crippen LogP contribution is -2.50. The second-order valence-electron chi connectivity index (χ2n) is 7.16. The van der Waals surface area contributed by atoms with Crippen molar-refractivity contribution >= 4 is 27.5 Å². The van der Waals surface area contributed by atoms with E-state index in [0.717, 1.165) is 32.4 Å². The van der Waals surface area contributed by atoms with Crippen LogP contribution in [0, 0.1) is 5.92 Å². The van der Waals surface area contributed by atoms with Gasteiger partial charge in [-0.25, -0.2) is 8.42 Å². The third-order valence-corrected chi connectivity index (χ3v) is 7.31. The SMILES string of the molecule is CC1CCN(C(=O)[C@@H]2CCCN2S(=O)(=O)Cc2ccc(Cl)cc2)CC1. The quantitative estimate of drug-likeness (QED) is 0.802. The lowest BCUT2D eigenvalue weighted by molar-refractivity contribution is -0.135. The highest BCUT2D eigenvalue weighted by molar-refractivity contribution is 7.88. The highest BCUT2D eigenvalue weighted by Gasteiger charge is 2.40. The molecule has 0 saturated carbocycles. The number of rotatable bonds is 4. The number of nitrogens with zero attached hydrogens (tertiary/aromatic N) is 2. The van der Waals surface area contributed by atoms with Crippen molar-refractivity contribution in [2.24, 2.45) is 5.92 Å². The molecule has 0 spiro atoms. The normalized spacial score (nSPS) is 23.1. The van der Waals surface area contributed by atoms with Gasteiger partial charge in [0.25, 0.3) is 0 Å². The number of amides is 1. The summed E-state index contributed by atoms with van der Waals surface area (Å²) in [6, 6.07) is 6.28. The summed E-state index contributed by atoms with van der Waals surface area (Å²) in [4.78, 5) is 14.7. The van der Waals surface area contributed by atoms with Crippen molar-refractivity contribution in [2.75, 3.05) is 19.6 Å². The molecule has 0 unspecified atom stereocenters. The molecular weight excluding hydrogens is 360 g/mol. The Kier molecular flexibility index (Phi) is 5.71. The van der Waals surface area contributed by atoms with E-state index in [2.05, 4.69) is 6.92 Å². The smallest absolute Gasteiger partial charge is 0.241 e.